The number of fused-ring (bicyclic) bond motifs is 1. The van der Waals surface area contributed by atoms with Crippen LogP contribution in [-0.4, -0.2) is 26.6 Å². The SMILES string of the molecule is O=C(Cn1ccc(C(F)(F)F)n1)NNC(=O)c1ccc(CSc2nc3ccccc3s2)cc1. The van der Waals surface area contributed by atoms with Gasteiger partial charge in [-0.05, 0) is 35.9 Å². The van der Waals surface area contributed by atoms with Gasteiger partial charge in [0.2, 0.25) is 0 Å². The maximum absolute atomic E-state index is 12.6. The van der Waals surface area contributed by atoms with Gasteiger partial charge in [0.05, 0.1) is 10.2 Å². The summed E-state index contributed by atoms with van der Waals surface area (Å²) in [4.78, 5) is 28.7. The Balaban J connectivity index is 1.25. The second-order valence-electron chi connectivity index (χ2n) is 6.83. The number of rotatable bonds is 6. The van der Waals surface area contributed by atoms with Crippen molar-refractivity contribution in [2.45, 2.75) is 22.8 Å². The fourth-order valence-electron chi connectivity index (χ4n) is 2.80. The Kier molecular flexibility index (Phi) is 6.65. The summed E-state index contributed by atoms with van der Waals surface area (Å²) < 4.78 is 40.6. The molecule has 2 amide bonds. The summed E-state index contributed by atoms with van der Waals surface area (Å²) in [6.45, 7) is -0.474. The number of carbonyl (C=O) groups excluding carboxylic acids is 2. The van der Waals surface area contributed by atoms with Crippen molar-refractivity contribution in [2.24, 2.45) is 0 Å². The molecule has 0 radical (unpaired) electrons. The number of aromatic nitrogens is 3. The monoisotopic (exact) mass is 491 g/mol. The van der Waals surface area contributed by atoms with Crippen LogP contribution in [0.15, 0.2) is 65.1 Å². The fraction of sp³-hybridized carbons (Fsp3) is 0.143. The minimum absolute atomic E-state index is 0.322. The van der Waals surface area contributed by atoms with Crippen molar-refractivity contribution in [3.05, 3.63) is 77.6 Å². The summed E-state index contributed by atoms with van der Waals surface area (Å²) in [6, 6.07) is 15.5. The molecular weight excluding hydrogens is 475 g/mol. The Hall–Kier alpha value is -3.38. The molecule has 0 aliphatic heterocycles. The summed E-state index contributed by atoms with van der Waals surface area (Å²) in [5.41, 5.74) is 5.58. The van der Waals surface area contributed by atoms with Crippen LogP contribution < -0.4 is 10.9 Å². The van der Waals surface area contributed by atoms with Crippen molar-refractivity contribution in [2.75, 3.05) is 0 Å². The molecule has 33 heavy (non-hydrogen) atoms. The van der Waals surface area contributed by atoms with E-state index in [-0.39, 0.29) is 0 Å². The molecule has 12 heteroatoms. The standard InChI is InChI=1S/C21H16F3N5O2S2/c22-21(23,24)17-9-10-29(28-17)11-18(30)26-27-19(31)14-7-5-13(6-8-14)12-32-20-25-15-3-1-2-4-16(15)33-20/h1-10H,11-12H2,(H,26,30)(H,27,31). The lowest BCUT2D eigenvalue weighted by molar-refractivity contribution is -0.141. The third-order valence-electron chi connectivity index (χ3n) is 4.40. The van der Waals surface area contributed by atoms with Crippen LogP contribution in [-0.2, 0) is 23.3 Å². The molecule has 0 fully saturated rings. The van der Waals surface area contributed by atoms with E-state index in [2.05, 4.69) is 20.9 Å². The normalized spacial score (nSPS) is 11.5. The molecular formula is C21H16F3N5O2S2. The average molecular weight is 492 g/mol. The number of amides is 2. The minimum Gasteiger partial charge on any atom is -0.271 e. The first-order valence-corrected chi connectivity index (χ1v) is 11.4. The zero-order valence-corrected chi connectivity index (χ0v) is 18.4. The second-order valence-corrected chi connectivity index (χ2v) is 9.08. The van der Waals surface area contributed by atoms with Crippen LogP contribution in [0.25, 0.3) is 10.2 Å². The first-order valence-electron chi connectivity index (χ1n) is 9.55. The Labute approximate surface area is 194 Å². The van der Waals surface area contributed by atoms with Crippen molar-refractivity contribution >= 4 is 45.1 Å². The Morgan fingerprint density at radius 1 is 1.03 bits per heavy atom. The highest BCUT2D eigenvalue weighted by Gasteiger charge is 2.33. The number of hydrogen-bond acceptors (Lipinski definition) is 6. The van der Waals surface area contributed by atoms with Crippen molar-refractivity contribution in [1.29, 1.82) is 0 Å². The van der Waals surface area contributed by atoms with Gasteiger partial charge in [0.25, 0.3) is 11.8 Å². The number of hydrazine groups is 1. The highest BCUT2D eigenvalue weighted by atomic mass is 32.2. The highest BCUT2D eigenvalue weighted by molar-refractivity contribution is 8.00. The van der Waals surface area contributed by atoms with Crippen LogP contribution in [0.2, 0.25) is 0 Å². The van der Waals surface area contributed by atoms with Gasteiger partial charge in [-0.1, -0.05) is 36.0 Å². The molecule has 4 aromatic rings. The van der Waals surface area contributed by atoms with Crippen molar-refractivity contribution in [3.8, 4) is 0 Å². The molecule has 0 aliphatic carbocycles. The topological polar surface area (TPSA) is 88.9 Å². The maximum atomic E-state index is 12.6. The van der Waals surface area contributed by atoms with Crippen LogP contribution in [0.4, 0.5) is 13.2 Å². The zero-order chi connectivity index (χ0) is 23.4. The van der Waals surface area contributed by atoms with Gasteiger partial charge >= 0.3 is 6.18 Å². The molecule has 0 saturated carbocycles. The van der Waals surface area contributed by atoms with Gasteiger partial charge in [-0.15, -0.1) is 11.3 Å². The van der Waals surface area contributed by atoms with Crippen LogP contribution >= 0.6 is 23.1 Å². The van der Waals surface area contributed by atoms with Gasteiger partial charge in [-0.3, -0.25) is 25.1 Å². The molecule has 7 nitrogen and oxygen atoms in total. The number of nitrogens with one attached hydrogen (secondary N) is 2. The van der Waals surface area contributed by atoms with Crippen LogP contribution in [0, 0.1) is 0 Å². The molecule has 2 aromatic heterocycles. The molecule has 170 valence electrons. The highest BCUT2D eigenvalue weighted by Crippen LogP contribution is 2.31. The number of nitrogens with zero attached hydrogens (tertiary/aromatic N) is 3. The maximum Gasteiger partial charge on any atom is 0.435 e. The van der Waals surface area contributed by atoms with Crippen molar-refractivity contribution < 1.29 is 22.8 Å². The van der Waals surface area contributed by atoms with E-state index >= 15 is 0 Å². The zero-order valence-electron chi connectivity index (χ0n) is 16.8. The number of para-hydroxylation sites is 1. The third kappa shape index (κ3) is 5.90. The molecule has 2 heterocycles. The second kappa shape index (κ2) is 9.63. The Morgan fingerprint density at radius 3 is 2.48 bits per heavy atom. The quantitative estimate of drug-likeness (QED) is 0.311. The van der Waals surface area contributed by atoms with Crippen LogP contribution in [0.1, 0.15) is 21.6 Å². The molecule has 4 rings (SSSR count). The molecule has 0 bridgehead atoms. The lowest BCUT2D eigenvalue weighted by Crippen LogP contribution is -2.43. The number of hydrogen-bond donors (Lipinski definition) is 2. The van der Waals surface area contributed by atoms with Crippen LogP contribution in [0.5, 0.6) is 0 Å². The van der Waals surface area contributed by atoms with Crippen molar-refractivity contribution in [3.63, 3.8) is 0 Å². The number of thioether (sulfide) groups is 1. The molecule has 2 aromatic carbocycles. The summed E-state index contributed by atoms with van der Waals surface area (Å²) in [5.74, 6) is -0.586. The predicted octanol–water partition coefficient (Wildman–Crippen LogP) is 4.27. The van der Waals surface area contributed by atoms with E-state index in [0.717, 1.165) is 37.1 Å². The van der Waals surface area contributed by atoms with E-state index in [1.165, 1.54) is 0 Å². The van der Waals surface area contributed by atoms with E-state index in [1.54, 1.807) is 47.4 Å². The van der Waals surface area contributed by atoms with Gasteiger partial charge < -0.3 is 0 Å². The largest absolute Gasteiger partial charge is 0.435 e. The van der Waals surface area contributed by atoms with E-state index in [4.69, 9.17) is 0 Å². The first kappa shape index (κ1) is 22.8. The molecule has 0 saturated heterocycles. The predicted molar refractivity (Wildman–Crippen MR) is 118 cm³/mol. The fourth-order valence-corrected chi connectivity index (χ4v) is 4.82. The molecule has 0 spiro atoms. The first-order chi connectivity index (χ1) is 15.8. The molecule has 0 aliphatic rings. The van der Waals surface area contributed by atoms with E-state index in [9.17, 15) is 22.8 Å². The molecule has 0 atom stereocenters. The number of benzene rings is 2. The summed E-state index contributed by atoms with van der Waals surface area (Å²) >= 11 is 3.23. The van der Waals surface area contributed by atoms with Crippen LogP contribution in [0.3, 0.4) is 0 Å². The van der Waals surface area contributed by atoms with E-state index in [0.29, 0.717) is 11.3 Å². The summed E-state index contributed by atoms with van der Waals surface area (Å²) in [6.07, 6.45) is -3.55. The van der Waals surface area contributed by atoms with Gasteiger partial charge in [-0.25, -0.2) is 4.98 Å². The van der Waals surface area contributed by atoms with Gasteiger partial charge in [0.1, 0.15) is 6.54 Å². The lowest BCUT2D eigenvalue weighted by atomic mass is 10.1. The van der Waals surface area contributed by atoms with E-state index in [1.807, 2.05) is 24.3 Å². The summed E-state index contributed by atoms with van der Waals surface area (Å²) in [7, 11) is 0. The van der Waals surface area contributed by atoms with Gasteiger partial charge in [0, 0.05) is 17.5 Å². The number of carbonyl (C=O) groups is 2. The molecule has 0 unspecified atom stereocenters. The lowest BCUT2D eigenvalue weighted by Gasteiger charge is -2.08. The smallest absolute Gasteiger partial charge is 0.271 e. The molecule has 2 N–H and O–H groups in total. The Morgan fingerprint density at radius 2 is 1.79 bits per heavy atom. The van der Waals surface area contributed by atoms with Gasteiger partial charge in [-0.2, -0.15) is 18.3 Å². The number of thiazole rings is 1. The average Bonchev–Trinajstić information content (AvgIpc) is 3.43. The Bertz CT molecular complexity index is 1250. The number of alkyl halides is 3. The third-order valence-corrected chi connectivity index (χ3v) is 6.66. The summed E-state index contributed by atoms with van der Waals surface area (Å²) in [5, 5.41) is 3.28. The van der Waals surface area contributed by atoms with Crippen molar-refractivity contribution in [1.82, 2.24) is 25.6 Å². The van der Waals surface area contributed by atoms with Gasteiger partial charge in [0.15, 0.2) is 10.0 Å². The van der Waals surface area contributed by atoms with E-state index < -0.39 is 30.2 Å². The minimum atomic E-state index is -4.59. The number of halogens is 3.